The number of fused-ring (bicyclic) bond motifs is 1. The van der Waals surface area contributed by atoms with Crippen LogP contribution < -0.4 is 5.32 Å². The maximum Gasteiger partial charge on any atom is 0.147 e. The van der Waals surface area contributed by atoms with Crippen molar-refractivity contribution in [3.63, 3.8) is 0 Å². The molecule has 2 aromatic heterocycles. The minimum absolute atomic E-state index is 0.733. The van der Waals surface area contributed by atoms with Crippen LogP contribution in [0.5, 0.6) is 0 Å². The fourth-order valence-corrected chi connectivity index (χ4v) is 2.85. The molecule has 6 heteroatoms. The van der Waals surface area contributed by atoms with E-state index < -0.39 is 0 Å². The lowest BCUT2D eigenvalue weighted by Gasteiger charge is -2.25. The summed E-state index contributed by atoms with van der Waals surface area (Å²) in [5, 5.41) is 11.7. The summed E-state index contributed by atoms with van der Waals surface area (Å²) in [6.45, 7) is 6.64. The van der Waals surface area contributed by atoms with Gasteiger partial charge in [-0.15, -0.1) is 10.2 Å². The smallest absolute Gasteiger partial charge is 0.147 e. The van der Waals surface area contributed by atoms with Crippen LogP contribution in [0.4, 0.5) is 0 Å². The lowest BCUT2D eigenvalue weighted by molar-refractivity contribution is 0.193. The first-order chi connectivity index (χ1) is 10.3. The summed E-state index contributed by atoms with van der Waals surface area (Å²) >= 11 is 0. The lowest BCUT2D eigenvalue weighted by atomic mass is 10.2. The van der Waals surface area contributed by atoms with Crippen LogP contribution in [0.1, 0.15) is 35.7 Å². The fraction of sp³-hybridized carbons (Fsp3) is 0.600. The van der Waals surface area contributed by atoms with Crippen LogP contribution in [0, 0.1) is 6.92 Å². The quantitative estimate of drug-likeness (QED) is 0.902. The second kappa shape index (κ2) is 5.27. The molecule has 0 amide bonds. The number of aromatic nitrogens is 3. The second-order valence-corrected chi connectivity index (χ2v) is 6.10. The third kappa shape index (κ3) is 2.87. The number of hydrogen-bond acceptors (Lipinski definition) is 5. The third-order valence-electron chi connectivity index (χ3n) is 4.33. The van der Waals surface area contributed by atoms with E-state index in [-0.39, 0.29) is 0 Å². The largest absolute Gasteiger partial charge is 0.465 e. The summed E-state index contributed by atoms with van der Waals surface area (Å²) in [7, 11) is 0. The number of nitrogens with zero attached hydrogens (tertiary/aromatic N) is 4. The molecule has 2 aromatic rings. The van der Waals surface area contributed by atoms with Crippen molar-refractivity contribution in [1.29, 1.82) is 0 Å². The van der Waals surface area contributed by atoms with Gasteiger partial charge in [0.2, 0.25) is 0 Å². The van der Waals surface area contributed by atoms with E-state index in [1.54, 1.807) is 0 Å². The summed E-state index contributed by atoms with van der Waals surface area (Å²) in [4.78, 5) is 2.36. The first-order valence-corrected chi connectivity index (χ1v) is 7.68. The zero-order valence-corrected chi connectivity index (χ0v) is 12.4. The van der Waals surface area contributed by atoms with Gasteiger partial charge < -0.3 is 14.3 Å². The monoisotopic (exact) mass is 287 g/mol. The molecule has 1 fully saturated rings. The number of rotatable bonds is 5. The summed E-state index contributed by atoms with van der Waals surface area (Å²) in [6, 6.07) is 2.93. The second-order valence-electron chi connectivity index (χ2n) is 6.10. The van der Waals surface area contributed by atoms with Crippen molar-refractivity contribution in [2.24, 2.45) is 0 Å². The van der Waals surface area contributed by atoms with Crippen LogP contribution in [0.25, 0.3) is 0 Å². The van der Waals surface area contributed by atoms with Crippen molar-refractivity contribution in [2.45, 2.75) is 52.0 Å². The van der Waals surface area contributed by atoms with E-state index in [4.69, 9.17) is 4.42 Å². The van der Waals surface area contributed by atoms with Crippen LogP contribution in [-0.4, -0.2) is 32.3 Å². The minimum Gasteiger partial charge on any atom is -0.465 e. The topological polar surface area (TPSA) is 59.1 Å². The van der Waals surface area contributed by atoms with Gasteiger partial charge in [0.15, 0.2) is 0 Å². The molecule has 0 aromatic carbocycles. The molecule has 1 N–H and O–H groups in total. The number of hydrogen-bond donors (Lipinski definition) is 1. The Morgan fingerprint density at radius 1 is 1.38 bits per heavy atom. The molecule has 3 heterocycles. The average molecular weight is 287 g/mol. The molecule has 0 spiro atoms. The van der Waals surface area contributed by atoms with Crippen molar-refractivity contribution in [3.05, 3.63) is 35.3 Å². The molecule has 0 atom stereocenters. The van der Waals surface area contributed by atoms with Crippen molar-refractivity contribution >= 4 is 0 Å². The normalized spacial score (nSPS) is 18.9. The van der Waals surface area contributed by atoms with E-state index in [0.29, 0.717) is 0 Å². The van der Waals surface area contributed by atoms with E-state index in [0.717, 1.165) is 56.1 Å². The number of furan rings is 1. The molecule has 0 saturated heterocycles. The van der Waals surface area contributed by atoms with Gasteiger partial charge in [0.05, 0.1) is 13.1 Å². The number of aryl methyl sites for hydroxylation is 1. The molecule has 1 saturated carbocycles. The first-order valence-electron chi connectivity index (χ1n) is 7.68. The predicted molar refractivity (Wildman–Crippen MR) is 77.4 cm³/mol. The van der Waals surface area contributed by atoms with Gasteiger partial charge in [0.1, 0.15) is 23.7 Å². The molecular formula is C15H21N5O. The molecule has 2 aliphatic rings. The Labute approximate surface area is 124 Å². The van der Waals surface area contributed by atoms with Gasteiger partial charge in [0, 0.05) is 31.2 Å². The molecule has 1 aliphatic carbocycles. The van der Waals surface area contributed by atoms with Crippen molar-refractivity contribution in [2.75, 3.05) is 6.54 Å². The molecule has 0 radical (unpaired) electrons. The lowest BCUT2D eigenvalue weighted by Crippen LogP contribution is -2.33. The van der Waals surface area contributed by atoms with Gasteiger partial charge in [0.25, 0.3) is 0 Å². The molecule has 1 aliphatic heterocycles. The zero-order chi connectivity index (χ0) is 14.2. The van der Waals surface area contributed by atoms with Gasteiger partial charge in [-0.1, -0.05) is 0 Å². The Morgan fingerprint density at radius 3 is 3.14 bits per heavy atom. The maximum absolute atomic E-state index is 5.92. The average Bonchev–Trinajstić information content (AvgIpc) is 3.07. The fourth-order valence-electron chi connectivity index (χ4n) is 2.85. The van der Waals surface area contributed by atoms with Crippen molar-refractivity contribution in [1.82, 2.24) is 25.0 Å². The van der Waals surface area contributed by atoms with E-state index in [1.165, 1.54) is 18.4 Å². The van der Waals surface area contributed by atoms with Crippen LogP contribution in [0.2, 0.25) is 0 Å². The summed E-state index contributed by atoms with van der Waals surface area (Å²) in [6.07, 6.45) is 4.45. The molecule has 0 unspecified atom stereocenters. The Bertz CT molecular complexity index is 628. The van der Waals surface area contributed by atoms with E-state index in [1.807, 2.05) is 6.33 Å². The molecular weight excluding hydrogens is 266 g/mol. The molecule has 6 nitrogen and oxygen atoms in total. The Hall–Kier alpha value is -1.66. The summed E-state index contributed by atoms with van der Waals surface area (Å²) in [5.74, 6) is 3.13. The first kappa shape index (κ1) is 13.0. The highest BCUT2D eigenvalue weighted by molar-refractivity contribution is 5.21. The van der Waals surface area contributed by atoms with Gasteiger partial charge in [-0.2, -0.15) is 0 Å². The SMILES string of the molecule is Cc1oc(CN2CCn3cnnc3C2)cc1CNC1CC1. The van der Waals surface area contributed by atoms with Gasteiger partial charge in [-0.25, -0.2) is 0 Å². The Balaban J connectivity index is 1.39. The van der Waals surface area contributed by atoms with E-state index in [9.17, 15) is 0 Å². The highest BCUT2D eigenvalue weighted by atomic mass is 16.3. The van der Waals surface area contributed by atoms with Crippen LogP contribution in [-0.2, 0) is 26.2 Å². The minimum atomic E-state index is 0.733. The zero-order valence-electron chi connectivity index (χ0n) is 12.4. The van der Waals surface area contributed by atoms with Crippen molar-refractivity contribution < 1.29 is 4.42 Å². The number of nitrogens with one attached hydrogen (secondary N) is 1. The van der Waals surface area contributed by atoms with Crippen LogP contribution in [0.15, 0.2) is 16.8 Å². The molecule has 112 valence electrons. The molecule has 4 rings (SSSR count). The van der Waals surface area contributed by atoms with Crippen LogP contribution in [0.3, 0.4) is 0 Å². The Kier molecular flexibility index (Phi) is 3.27. The molecule has 21 heavy (non-hydrogen) atoms. The van der Waals surface area contributed by atoms with E-state index >= 15 is 0 Å². The predicted octanol–water partition coefficient (Wildman–Crippen LogP) is 1.45. The third-order valence-corrected chi connectivity index (χ3v) is 4.33. The Morgan fingerprint density at radius 2 is 2.29 bits per heavy atom. The highest BCUT2D eigenvalue weighted by Gasteiger charge is 2.22. The summed E-state index contributed by atoms with van der Waals surface area (Å²) < 4.78 is 8.03. The van der Waals surface area contributed by atoms with Gasteiger partial charge in [-0.3, -0.25) is 4.90 Å². The van der Waals surface area contributed by atoms with E-state index in [2.05, 4.69) is 38.0 Å². The highest BCUT2D eigenvalue weighted by Crippen LogP contribution is 2.22. The van der Waals surface area contributed by atoms with Gasteiger partial charge >= 0.3 is 0 Å². The van der Waals surface area contributed by atoms with Crippen LogP contribution >= 0.6 is 0 Å². The molecule has 0 bridgehead atoms. The summed E-state index contributed by atoms with van der Waals surface area (Å²) in [5.41, 5.74) is 1.29. The van der Waals surface area contributed by atoms with Gasteiger partial charge in [-0.05, 0) is 25.8 Å². The van der Waals surface area contributed by atoms with Crippen molar-refractivity contribution in [3.8, 4) is 0 Å². The standard InChI is InChI=1S/C15H21N5O/c1-11-12(7-16-13-2-3-13)6-14(21-11)8-19-4-5-20-10-17-18-15(20)9-19/h6,10,13,16H,2-5,7-9H2,1H3. The maximum atomic E-state index is 5.92.